The summed E-state index contributed by atoms with van der Waals surface area (Å²) in [5.41, 5.74) is 4.64. The molecule has 2 N–H and O–H groups in total. The molecule has 2 amide bonds. The zero-order valence-electron chi connectivity index (χ0n) is 16.0. The molecule has 0 saturated heterocycles. The van der Waals surface area contributed by atoms with Crippen molar-refractivity contribution in [2.45, 2.75) is 6.61 Å². The molecular formula is C23H20ClN3O3. The predicted octanol–water partition coefficient (Wildman–Crippen LogP) is 3.80. The zero-order valence-corrected chi connectivity index (χ0v) is 16.8. The second-order valence-electron chi connectivity index (χ2n) is 6.33. The van der Waals surface area contributed by atoms with Gasteiger partial charge in [-0.2, -0.15) is 5.10 Å². The number of hydrogen-bond donors (Lipinski definition) is 2. The van der Waals surface area contributed by atoms with Gasteiger partial charge >= 0.3 is 0 Å². The average molecular weight is 422 g/mol. The van der Waals surface area contributed by atoms with E-state index in [1.165, 1.54) is 6.21 Å². The number of hydrazone groups is 1. The molecule has 3 rings (SSSR count). The quantitative estimate of drug-likeness (QED) is 0.429. The minimum Gasteiger partial charge on any atom is -0.489 e. The molecule has 0 heterocycles. The van der Waals surface area contributed by atoms with Crippen LogP contribution in [0.4, 0.5) is 0 Å². The molecule has 0 unspecified atom stereocenters. The molecule has 0 spiro atoms. The molecule has 0 aliphatic rings. The van der Waals surface area contributed by atoms with Crippen LogP contribution in [0, 0.1) is 0 Å². The third-order valence-corrected chi connectivity index (χ3v) is 4.28. The van der Waals surface area contributed by atoms with Crippen molar-refractivity contribution in [3.05, 3.63) is 101 Å². The Balaban J connectivity index is 1.44. The number of amides is 2. The fourth-order valence-corrected chi connectivity index (χ4v) is 2.63. The van der Waals surface area contributed by atoms with Gasteiger partial charge in [-0.25, -0.2) is 5.43 Å². The lowest BCUT2D eigenvalue weighted by atomic mass is 10.2. The monoisotopic (exact) mass is 421 g/mol. The zero-order chi connectivity index (χ0) is 21.2. The molecule has 0 radical (unpaired) electrons. The topological polar surface area (TPSA) is 79.8 Å². The molecule has 0 atom stereocenters. The van der Waals surface area contributed by atoms with Crippen molar-refractivity contribution in [3.63, 3.8) is 0 Å². The van der Waals surface area contributed by atoms with E-state index in [1.807, 2.05) is 54.6 Å². The number of nitrogens with zero attached hydrogens (tertiary/aromatic N) is 1. The van der Waals surface area contributed by atoms with Crippen LogP contribution in [0.3, 0.4) is 0 Å². The summed E-state index contributed by atoms with van der Waals surface area (Å²) in [4.78, 5) is 23.8. The summed E-state index contributed by atoms with van der Waals surface area (Å²) >= 11 is 5.79. The maximum atomic E-state index is 12.0. The molecule has 152 valence electrons. The van der Waals surface area contributed by atoms with Crippen LogP contribution >= 0.6 is 11.6 Å². The normalized spacial score (nSPS) is 10.6. The average Bonchev–Trinajstić information content (AvgIpc) is 2.77. The van der Waals surface area contributed by atoms with Crippen molar-refractivity contribution in [1.29, 1.82) is 0 Å². The first-order valence-corrected chi connectivity index (χ1v) is 9.60. The smallest absolute Gasteiger partial charge is 0.259 e. The third-order valence-electron chi connectivity index (χ3n) is 4.03. The summed E-state index contributed by atoms with van der Waals surface area (Å²) in [5, 5.41) is 6.97. The van der Waals surface area contributed by atoms with Crippen molar-refractivity contribution in [2.75, 3.05) is 6.54 Å². The van der Waals surface area contributed by atoms with E-state index in [1.54, 1.807) is 24.3 Å². The van der Waals surface area contributed by atoms with Gasteiger partial charge in [-0.3, -0.25) is 9.59 Å². The Bertz CT molecular complexity index is 1020. The van der Waals surface area contributed by atoms with E-state index >= 15 is 0 Å². The maximum Gasteiger partial charge on any atom is 0.259 e. The Labute approximate surface area is 179 Å². The molecule has 0 aliphatic carbocycles. The first kappa shape index (κ1) is 21.1. The number of carbonyl (C=O) groups excluding carboxylic acids is 2. The van der Waals surface area contributed by atoms with E-state index < -0.39 is 5.91 Å². The van der Waals surface area contributed by atoms with E-state index in [0.717, 1.165) is 11.1 Å². The van der Waals surface area contributed by atoms with Crippen LogP contribution in [0.25, 0.3) is 0 Å². The van der Waals surface area contributed by atoms with E-state index in [2.05, 4.69) is 15.8 Å². The van der Waals surface area contributed by atoms with Crippen LogP contribution in [-0.4, -0.2) is 24.6 Å². The van der Waals surface area contributed by atoms with Crippen LogP contribution in [0.5, 0.6) is 5.75 Å². The van der Waals surface area contributed by atoms with Gasteiger partial charge in [0.15, 0.2) is 0 Å². The van der Waals surface area contributed by atoms with E-state index in [4.69, 9.17) is 16.3 Å². The molecule has 0 fully saturated rings. The second-order valence-corrected chi connectivity index (χ2v) is 6.77. The number of hydrogen-bond acceptors (Lipinski definition) is 4. The summed E-state index contributed by atoms with van der Waals surface area (Å²) in [5.74, 6) is -0.108. The SMILES string of the molecule is O=C(CNC(=O)c1ccc(Cl)cc1)N/N=C/c1cccc(OCc2ccccc2)c1. The van der Waals surface area contributed by atoms with Gasteiger partial charge in [0.05, 0.1) is 12.8 Å². The fourth-order valence-electron chi connectivity index (χ4n) is 2.51. The van der Waals surface area contributed by atoms with E-state index in [9.17, 15) is 9.59 Å². The second kappa shape index (κ2) is 10.8. The number of benzene rings is 3. The summed E-state index contributed by atoms with van der Waals surface area (Å²) in [7, 11) is 0. The van der Waals surface area contributed by atoms with Gasteiger partial charge in [0, 0.05) is 10.6 Å². The molecule has 0 aliphatic heterocycles. The van der Waals surface area contributed by atoms with Crippen molar-refractivity contribution in [2.24, 2.45) is 5.10 Å². The molecule has 3 aromatic carbocycles. The minimum atomic E-state index is -0.440. The summed E-state index contributed by atoms with van der Waals surface area (Å²) in [6.45, 7) is 0.268. The number of ether oxygens (including phenoxy) is 1. The van der Waals surface area contributed by atoms with Gasteiger partial charge in [-0.15, -0.1) is 0 Å². The summed E-state index contributed by atoms with van der Waals surface area (Å²) < 4.78 is 5.77. The van der Waals surface area contributed by atoms with Crippen LogP contribution in [0.1, 0.15) is 21.5 Å². The molecule has 7 heteroatoms. The Morgan fingerprint density at radius 3 is 2.50 bits per heavy atom. The molecular weight excluding hydrogens is 402 g/mol. The molecule has 0 saturated carbocycles. The van der Waals surface area contributed by atoms with Crippen LogP contribution < -0.4 is 15.5 Å². The van der Waals surface area contributed by atoms with E-state index in [0.29, 0.717) is 22.9 Å². The van der Waals surface area contributed by atoms with Gasteiger partial charge in [0.1, 0.15) is 12.4 Å². The van der Waals surface area contributed by atoms with Gasteiger partial charge in [0.25, 0.3) is 11.8 Å². The van der Waals surface area contributed by atoms with Gasteiger partial charge < -0.3 is 10.1 Å². The first-order valence-electron chi connectivity index (χ1n) is 9.22. The minimum absolute atomic E-state index is 0.195. The maximum absolute atomic E-state index is 12.0. The standard InChI is InChI=1S/C23H20ClN3O3/c24-20-11-9-19(10-12-20)23(29)25-15-22(28)27-26-14-18-7-4-8-21(13-18)30-16-17-5-2-1-3-6-17/h1-14H,15-16H2,(H,25,29)(H,27,28)/b26-14+. The molecule has 0 aromatic heterocycles. The summed E-state index contributed by atoms with van der Waals surface area (Å²) in [6.07, 6.45) is 1.51. The Kier molecular flexibility index (Phi) is 7.58. The highest BCUT2D eigenvalue weighted by Crippen LogP contribution is 2.14. The largest absolute Gasteiger partial charge is 0.489 e. The highest BCUT2D eigenvalue weighted by Gasteiger charge is 2.07. The lowest BCUT2D eigenvalue weighted by Gasteiger charge is -2.07. The predicted molar refractivity (Wildman–Crippen MR) is 117 cm³/mol. The number of carbonyl (C=O) groups is 2. The van der Waals surface area contributed by atoms with E-state index in [-0.39, 0.29) is 12.5 Å². The van der Waals surface area contributed by atoms with Crippen LogP contribution in [0.15, 0.2) is 84.0 Å². The third kappa shape index (κ3) is 6.76. The molecule has 30 heavy (non-hydrogen) atoms. The van der Waals surface area contributed by atoms with Crippen LogP contribution in [-0.2, 0) is 11.4 Å². The Morgan fingerprint density at radius 2 is 1.73 bits per heavy atom. The van der Waals surface area contributed by atoms with Crippen molar-refractivity contribution >= 4 is 29.6 Å². The first-order chi connectivity index (χ1) is 14.6. The highest BCUT2D eigenvalue weighted by atomic mass is 35.5. The van der Waals surface area contributed by atoms with Gasteiger partial charge in [-0.1, -0.05) is 54.1 Å². The fraction of sp³-hybridized carbons (Fsp3) is 0.0870. The highest BCUT2D eigenvalue weighted by molar-refractivity contribution is 6.30. The molecule has 3 aromatic rings. The number of nitrogens with one attached hydrogen (secondary N) is 2. The number of halogens is 1. The van der Waals surface area contributed by atoms with Gasteiger partial charge in [-0.05, 0) is 47.5 Å². The summed E-state index contributed by atoms with van der Waals surface area (Å²) in [6, 6.07) is 23.6. The molecule has 6 nitrogen and oxygen atoms in total. The van der Waals surface area contributed by atoms with Crippen molar-refractivity contribution in [1.82, 2.24) is 10.7 Å². The molecule has 0 bridgehead atoms. The van der Waals surface area contributed by atoms with Crippen molar-refractivity contribution < 1.29 is 14.3 Å². The van der Waals surface area contributed by atoms with Gasteiger partial charge in [0.2, 0.25) is 0 Å². The number of rotatable bonds is 8. The van der Waals surface area contributed by atoms with Crippen molar-refractivity contribution in [3.8, 4) is 5.75 Å². The Morgan fingerprint density at radius 1 is 0.967 bits per heavy atom. The van der Waals surface area contributed by atoms with Crippen LogP contribution in [0.2, 0.25) is 5.02 Å². The lowest BCUT2D eigenvalue weighted by Crippen LogP contribution is -2.34. The lowest BCUT2D eigenvalue weighted by molar-refractivity contribution is -0.120. The Hall–Kier alpha value is -3.64.